The number of rotatable bonds is 4. The van der Waals surface area contributed by atoms with Crippen molar-refractivity contribution < 1.29 is 14.2 Å². The van der Waals surface area contributed by atoms with Crippen LogP contribution in [0.3, 0.4) is 0 Å². The van der Waals surface area contributed by atoms with Gasteiger partial charge in [0.2, 0.25) is 5.88 Å². The molecule has 0 radical (unpaired) electrons. The van der Waals surface area contributed by atoms with Crippen LogP contribution in [0.5, 0.6) is 23.1 Å². The third kappa shape index (κ3) is 2.74. The van der Waals surface area contributed by atoms with Crippen molar-refractivity contribution in [3.8, 4) is 23.1 Å². The standard InChI is InChI=1S/C17H16N2O3/c1-20-14-9-11-3-8-16(19-17(11)15(10-14)21-2)22-13-6-4-12(18)5-7-13/h3-10H,18H2,1-2H3. The van der Waals surface area contributed by atoms with Gasteiger partial charge in [0.25, 0.3) is 0 Å². The van der Waals surface area contributed by atoms with Crippen LogP contribution in [0.4, 0.5) is 5.69 Å². The van der Waals surface area contributed by atoms with Gasteiger partial charge < -0.3 is 19.9 Å². The minimum Gasteiger partial charge on any atom is -0.497 e. The number of anilines is 1. The Labute approximate surface area is 128 Å². The van der Waals surface area contributed by atoms with Gasteiger partial charge in [0.1, 0.15) is 22.8 Å². The van der Waals surface area contributed by atoms with E-state index in [1.54, 1.807) is 50.6 Å². The molecule has 0 amide bonds. The van der Waals surface area contributed by atoms with E-state index >= 15 is 0 Å². The van der Waals surface area contributed by atoms with Gasteiger partial charge in [-0.3, -0.25) is 0 Å². The Hall–Kier alpha value is -2.95. The molecule has 0 aliphatic rings. The van der Waals surface area contributed by atoms with Crippen molar-refractivity contribution in [3.05, 3.63) is 48.5 Å². The second-order valence-electron chi connectivity index (χ2n) is 4.72. The molecule has 112 valence electrons. The summed E-state index contributed by atoms with van der Waals surface area (Å²) in [4.78, 5) is 4.51. The summed E-state index contributed by atoms with van der Waals surface area (Å²) in [6.45, 7) is 0. The average molecular weight is 296 g/mol. The van der Waals surface area contributed by atoms with Crippen LogP contribution in [0.25, 0.3) is 10.9 Å². The number of aromatic nitrogens is 1. The number of hydrogen-bond donors (Lipinski definition) is 1. The van der Waals surface area contributed by atoms with Gasteiger partial charge in [0.05, 0.1) is 14.2 Å². The van der Waals surface area contributed by atoms with Crippen molar-refractivity contribution >= 4 is 16.6 Å². The highest BCUT2D eigenvalue weighted by molar-refractivity contribution is 5.86. The summed E-state index contributed by atoms with van der Waals surface area (Å²) in [5.41, 5.74) is 7.07. The van der Waals surface area contributed by atoms with Crippen molar-refractivity contribution in [1.29, 1.82) is 0 Å². The molecule has 0 bridgehead atoms. The fraction of sp³-hybridized carbons (Fsp3) is 0.118. The third-order valence-electron chi connectivity index (χ3n) is 3.26. The fourth-order valence-electron chi connectivity index (χ4n) is 2.15. The molecule has 0 saturated carbocycles. The maximum Gasteiger partial charge on any atom is 0.219 e. The Balaban J connectivity index is 1.99. The first-order chi connectivity index (χ1) is 10.7. The number of fused-ring (bicyclic) bond motifs is 1. The number of methoxy groups -OCH3 is 2. The Morgan fingerprint density at radius 3 is 2.32 bits per heavy atom. The minimum atomic E-state index is 0.487. The second-order valence-corrected chi connectivity index (χ2v) is 4.72. The first-order valence-corrected chi connectivity index (χ1v) is 6.76. The van der Waals surface area contributed by atoms with E-state index in [2.05, 4.69) is 4.98 Å². The highest BCUT2D eigenvalue weighted by Gasteiger charge is 2.09. The largest absolute Gasteiger partial charge is 0.497 e. The topological polar surface area (TPSA) is 66.6 Å². The number of nitrogens with two attached hydrogens (primary N) is 1. The second kappa shape index (κ2) is 5.81. The Morgan fingerprint density at radius 1 is 0.864 bits per heavy atom. The number of benzene rings is 2. The van der Waals surface area contributed by atoms with E-state index in [1.807, 2.05) is 12.1 Å². The number of pyridine rings is 1. The van der Waals surface area contributed by atoms with Crippen LogP contribution in [-0.4, -0.2) is 19.2 Å². The maximum absolute atomic E-state index is 5.74. The number of ether oxygens (including phenoxy) is 3. The molecular formula is C17H16N2O3. The average Bonchev–Trinajstić information content (AvgIpc) is 2.56. The molecule has 2 N–H and O–H groups in total. The molecule has 1 aromatic heterocycles. The van der Waals surface area contributed by atoms with E-state index in [0.717, 1.165) is 16.7 Å². The lowest BCUT2D eigenvalue weighted by Crippen LogP contribution is -1.93. The van der Waals surface area contributed by atoms with E-state index in [1.165, 1.54) is 0 Å². The molecule has 22 heavy (non-hydrogen) atoms. The molecule has 0 spiro atoms. The zero-order chi connectivity index (χ0) is 15.5. The lowest BCUT2D eigenvalue weighted by molar-refractivity contribution is 0.396. The van der Waals surface area contributed by atoms with E-state index in [-0.39, 0.29) is 0 Å². The smallest absolute Gasteiger partial charge is 0.219 e. The zero-order valence-electron chi connectivity index (χ0n) is 12.4. The lowest BCUT2D eigenvalue weighted by Gasteiger charge is -2.10. The van der Waals surface area contributed by atoms with Gasteiger partial charge in [-0.1, -0.05) is 0 Å². The van der Waals surface area contributed by atoms with Gasteiger partial charge in [0, 0.05) is 23.2 Å². The molecule has 3 rings (SSSR count). The van der Waals surface area contributed by atoms with E-state index in [4.69, 9.17) is 19.9 Å². The van der Waals surface area contributed by atoms with Crippen LogP contribution in [0.15, 0.2) is 48.5 Å². The van der Waals surface area contributed by atoms with Crippen LogP contribution in [0.1, 0.15) is 0 Å². The quantitative estimate of drug-likeness (QED) is 0.745. The number of nitrogens with zero attached hydrogens (tertiary/aromatic N) is 1. The first kappa shape index (κ1) is 14.0. The highest BCUT2D eigenvalue weighted by Crippen LogP contribution is 2.32. The van der Waals surface area contributed by atoms with Gasteiger partial charge in [0.15, 0.2) is 0 Å². The molecular weight excluding hydrogens is 280 g/mol. The first-order valence-electron chi connectivity index (χ1n) is 6.76. The van der Waals surface area contributed by atoms with Crippen LogP contribution < -0.4 is 19.9 Å². The molecule has 0 saturated heterocycles. The molecule has 5 heteroatoms. The SMILES string of the molecule is COc1cc(OC)c2nc(Oc3ccc(N)cc3)ccc2c1. The molecule has 0 aliphatic carbocycles. The maximum atomic E-state index is 5.74. The molecule has 0 unspecified atom stereocenters. The van der Waals surface area contributed by atoms with Crippen molar-refractivity contribution in [2.45, 2.75) is 0 Å². The summed E-state index contributed by atoms with van der Waals surface area (Å²) in [6.07, 6.45) is 0. The Kier molecular flexibility index (Phi) is 3.70. The highest BCUT2D eigenvalue weighted by atomic mass is 16.5. The monoisotopic (exact) mass is 296 g/mol. The van der Waals surface area contributed by atoms with E-state index < -0.39 is 0 Å². The van der Waals surface area contributed by atoms with Gasteiger partial charge in [-0.15, -0.1) is 0 Å². The molecule has 2 aromatic carbocycles. The lowest BCUT2D eigenvalue weighted by atomic mass is 10.2. The normalized spacial score (nSPS) is 10.5. The summed E-state index contributed by atoms with van der Waals surface area (Å²) in [6, 6.07) is 14.6. The van der Waals surface area contributed by atoms with Gasteiger partial charge >= 0.3 is 0 Å². The van der Waals surface area contributed by atoms with Crippen LogP contribution in [-0.2, 0) is 0 Å². The number of hydrogen-bond acceptors (Lipinski definition) is 5. The summed E-state index contributed by atoms with van der Waals surface area (Å²) in [7, 11) is 3.22. The minimum absolute atomic E-state index is 0.487. The van der Waals surface area contributed by atoms with Crippen molar-refractivity contribution in [1.82, 2.24) is 4.98 Å². The molecule has 5 nitrogen and oxygen atoms in total. The van der Waals surface area contributed by atoms with Gasteiger partial charge in [-0.2, -0.15) is 0 Å². The molecule has 0 aliphatic heterocycles. The van der Waals surface area contributed by atoms with Crippen LogP contribution in [0, 0.1) is 0 Å². The van der Waals surface area contributed by atoms with Crippen molar-refractivity contribution in [2.75, 3.05) is 20.0 Å². The Morgan fingerprint density at radius 2 is 1.64 bits per heavy atom. The van der Waals surface area contributed by atoms with Crippen molar-refractivity contribution in [2.24, 2.45) is 0 Å². The fourth-order valence-corrected chi connectivity index (χ4v) is 2.15. The predicted molar refractivity (Wildman–Crippen MR) is 85.8 cm³/mol. The van der Waals surface area contributed by atoms with Crippen molar-refractivity contribution in [3.63, 3.8) is 0 Å². The summed E-state index contributed by atoms with van der Waals surface area (Å²) in [5.74, 6) is 2.52. The van der Waals surface area contributed by atoms with Gasteiger partial charge in [-0.05, 0) is 36.4 Å². The molecule has 3 aromatic rings. The van der Waals surface area contributed by atoms with Gasteiger partial charge in [-0.25, -0.2) is 4.98 Å². The third-order valence-corrected chi connectivity index (χ3v) is 3.26. The number of nitrogen functional groups attached to an aromatic ring is 1. The van der Waals surface area contributed by atoms with E-state index in [0.29, 0.717) is 23.1 Å². The summed E-state index contributed by atoms with van der Waals surface area (Å²) < 4.78 is 16.4. The van der Waals surface area contributed by atoms with Crippen LogP contribution in [0.2, 0.25) is 0 Å². The summed E-state index contributed by atoms with van der Waals surface area (Å²) in [5, 5.41) is 0.917. The predicted octanol–water partition coefficient (Wildman–Crippen LogP) is 3.63. The summed E-state index contributed by atoms with van der Waals surface area (Å²) >= 11 is 0. The molecule has 0 atom stereocenters. The zero-order valence-corrected chi connectivity index (χ0v) is 12.4. The molecule has 1 heterocycles. The van der Waals surface area contributed by atoms with E-state index in [9.17, 15) is 0 Å². The molecule has 0 fully saturated rings. The van der Waals surface area contributed by atoms with Crippen LogP contribution >= 0.6 is 0 Å². The Bertz CT molecular complexity index is 801.